The van der Waals surface area contributed by atoms with Crippen molar-refractivity contribution in [1.82, 2.24) is 0 Å². The van der Waals surface area contributed by atoms with E-state index < -0.39 is 0 Å². The minimum atomic E-state index is -0.0928. The first-order valence-corrected chi connectivity index (χ1v) is 8.60. The van der Waals surface area contributed by atoms with E-state index in [1.54, 1.807) is 6.26 Å². The van der Waals surface area contributed by atoms with Crippen molar-refractivity contribution in [3.8, 4) is 5.75 Å². The van der Waals surface area contributed by atoms with Crippen molar-refractivity contribution in [2.45, 2.75) is 33.1 Å². The summed E-state index contributed by atoms with van der Waals surface area (Å²) in [6, 6.07) is 13.6. The Hall–Kier alpha value is -2.75. The van der Waals surface area contributed by atoms with Crippen LogP contribution in [0.5, 0.6) is 5.75 Å². The Morgan fingerprint density at radius 3 is 2.76 bits per heavy atom. The van der Waals surface area contributed by atoms with Crippen molar-refractivity contribution >= 4 is 22.6 Å². The maximum Gasteiger partial charge on any atom is 0.229 e. The van der Waals surface area contributed by atoms with Crippen LogP contribution < -0.4 is 10.1 Å². The average molecular weight is 337 g/mol. The first-order valence-electron chi connectivity index (χ1n) is 8.60. The number of fused-ring (bicyclic) bond motifs is 1. The monoisotopic (exact) mass is 337 g/mol. The maximum absolute atomic E-state index is 12.5. The molecule has 2 aromatic carbocycles. The van der Waals surface area contributed by atoms with Gasteiger partial charge in [-0.05, 0) is 42.7 Å². The Morgan fingerprint density at radius 2 is 2.00 bits per heavy atom. The number of amides is 1. The Balaban J connectivity index is 1.79. The lowest BCUT2D eigenvalue weighted by Gasteiger charge is -2.11. The number of hydrogen-bond donors (Lipinski definition) is 1. The van der Waals surface area contributed by atoms with Gasteiger partial charge in [-0.1, -0.05) is 32.0 Å². The Morgan fingerprint density at radius 1 is 1.20 bits per heavy atom. The van der Waals surface area contributed by atoms with E-state index in [0.717, 1.165) is 16.5 Å². The fraction of sp³-hybridized carbons (Fsp3) is 0.286. The molecule has 1 N–H and O–H groups in total. The number of furan rings is 1. The summed E-state index contributed by atoms with van der Waals surface area (Å²) in [4.78, 5) is 12.5. The van der Waals surface area contributed by atoms with Crippen molar-refractivity contribution in [3.05, 3.63) is 59.9 Å². The van der Waals surface area contributed by atoms with Crippen LogP contribution in [0.1, 0.15) is 37.8 Å². The molecule has 0 saturated heterocycles. The molecule has 0 spiro atoms. The molecule has 4 nitrogen and oxygen atoms in total. The molecular formula is C21H23NO3. The van der Waals surface area contributed by atoms with E-state index in [0.29, 0.717) is 24.0 Å². The SMILES string of the molecule is CCOc1ccccc1NC(=O)Cc1coc2ccc(C(C)C)cc12. The van der Waals surface area contributed by atoms with Gasteiger partial charge in [-0.25, -0.2) is 0 Å². The number of hydrogen-bond acceptors (Lipinski definition) is 3. The minimum absolute atomic E-state index is 0.0928. The molecule has 0 saturated carbocycles. The molecule has 1 aromatic heterocycles. The largest absolute Gasteiger partial charge is 0.492 e. The molecule has 0 aliphatic heterocycles. The highest BCUT2D eigenvalue weighted by molar-refractivity contribution is 5.96. The van der Waals surface area contributed by atoms with Gasteiger partial charge in [0, 0.05) is 10.9 Å². The molecule has 0 fully saturated rings. The molecule has 130 valence electrons. The topological polar surface area (TPSA) is 51.5 Å². The average Bonchev–Trinajstić information content (AvgIpc) is 2.99. The van der Waals surface area contributed by atoms with E-state index in [-0.39, 0.29) is 12.3 Å². The van der Waals surface area contributed by atoms with Gasteiger partial charge >= 0.3 is 0 Å². The van der Waals surface area contributed by atoms with Gasteiger partial charge in [0.2, 0.25) is 5.91 Å². The van der Waals surface area contributed by atoms with E-state index in [1.165, 1.54) is 5.56 Å². The third kappa shape index (κ3) is 3.85. The highest BCUT2D eigenvalue weighted by atomic mass is 16.5. The second-order valence-electron chi connectivity index (χ2n) is 6.33. The van der Waals surface area contributed by atoms with Crippen molar-refractivity contribution in [2.24, 2.45) is 0 Å². The molecule has 0 aliphatic rings. The second-order valence-corrected chi connectivity index (χ2v) is 6.33. The Bertz CT molecular complexity index is 880. The fourth-order valence-corrected chi connectivity index (χ4v) is 2.81. The zero-order chi connectivity index (χ0) is 17.8. The molecule has 0 atom stereocenters. The molecule has 1 heterocycles. The number of anilines is 1. The first kappa shape index (κ1) is 17.1. The van der Waals surface area contributed by atoms with Crippen molar-refractivity contribution in [3.63, 3.8) is 0 Å². The Labute approximate surface area is 147 Å². The number of carbonyl (C=O) groups is 1. The summed E-state index contributed by atoms with van der Waals surface area (Å²) in [5.74, 6) is 1.02. The summed E-state index contributed by atoms with van der Waals surface area (Å²) in [7, 11) is 0. The highest BCUT2D eigenvalue weighted by Gasteiger charge is 2.13. The highest BCUT2D eigenvalue weighted by Crippen LogP contribution is 2.27. The number of nitrogens with one attached hydrogen (secondary N) is 1. The summed E-state index contributed by atoms with van der Waals surface area (Å²) in [5, 5.41) is 3.93. The normalized spacial score (nSPS) is 11.0. The number of carbonyl (C=O) groups excluding carboxylic acids is 1. The van der Waals surface area contributed by atoms with Gasteiger partial charge in [-0.15, -0.1) is 0 Å². The summed E-state index contributed by atoms with van der Waals surface area (Å²) < 4.78 is 11.1. The summed E-state index contributed by atoms with van der Waals surface area (Å²) in [6.07, 6.45) is 1.93. The first-order chi connectivity index (χ1) is 12.1. The van der Waals surface area contributed by atoms with Gasteiger partial charge in [0.25, 0.3) is 0 Å². The lowest BCUT2D eigenvalue weighted by Crippen LogP contribution is -2.15. The van der Waals surface area contributed by atoms with Crippen molar-refractivity contribution in [2.75, 3.05) is 11.9 Å². The summed E-state index contributed by atoms with van der Waals surface area (Å²) >= 11 is 0. The van der Waals surface area contributed by atoms with Gasteiger partial charge in [0.1, 0.15) is 11.3 Å². The third-order valence-corrected chi connectivity index (χ3v) is 4.16. The zero-order valence-electron chi connectivity index (χ0n) is 14.8. The second kappa shape index (κ2) is 7.43. The van der Waals surface area contributed by atoms with E-state index in [1.807, 2.05) is 37.3 Å². The Kier molecular flexibility index (Phi) is 5.08. The fourth-order valence-electron chi connectivity index (χ4n) is 2.81. The van der Waals surface area contributed by atoms with Crippen LogP contribution in [0.25, 0.3) is 11.0 Å². The quantitative estimate of drug-likeness (QED) is 0.678. The van der Waals surface area contributed by atoms with E-state index >= 15 is 0 Å². The van der Waals surface area contributed by atoms with Gasteiger partial charge in [-0.2, -0.15) is 0 Å². The number of ether oxygens (including phenoxy) is 1. The molecule has 3 aromatic rings. The molecular weight excluding hydrogens is 314 g/mol. The van der Waals surface area contributed by atoms with E-state index in [4.69, 9.17) is 9.15 Å². The van der Waals surface area contributed by atoms with Crippen molar-refractivity contribution in [1.29, 1.82) is 0 Å². The molecule has 1 amide bonds. The van der Waals surface area contributed by atoms with Gasteiger partial charge in [0.15, 0.2) is 0 Å². The summed E-state index contributed by atoms with van der Waals surface area (Å²) in [6.45, 7) is 6.77. The van der Waals surface area contributed by atoms with Crippen LogP contribution in [-0.4, -0.2) is 12.5 Å². The van der Waals surface area contributed by atoms with Gasteiger partial charge < -0.3 is 14.5 Å². The van der Waals surface area contributed by atoms with Crippen LogP contribution in [0.3, 0.4) is 0 Å². The van der Waals surface area contributed by atoms with Crippen LogP contribution >= 0.6 is 0 Å². The lowest BCUT2D eigenvalue weighted by molar-refractivity contribution is -0.115. The smallest absolute Gasteiger partial charge is 0.229 e. The van der Waals surface area contributed by atoms with Crippen LogP contribution in [0, 0.1) is 0 Å². The third-order valence-electron chi connectivity index (χ3n) is 4.16. The standard InChI is InChI=1S/C21H23NO3/c1-4-24-20-8-6-5-7-18(20)22-21(23)12-16-13-25-19-10-9-15(14(2)3)11-17(16)19/h5-11,13-14H,4,12H2,1-3H3,(H,22,23). The van der Waals surface area contributed by atoms with E-state index in [9.17, 15) is 4.79 Å². The maximum atomic E-state index is 12.5. The number of rotatable bonds is 6. The summed E-state index contributed by atoms with van der Waals surface area (Å²) in [5.41, 5.74) is 3.62. The van der Waals surface area contributed by atoms with Crippen molar-refractivity contribution < 1.29 is 13.9 Å². The number of para-hydroxylation sites is 2. The molecule has 0 unspecified atom stereocenters. The van der Waals surface area contributed by atoms with Gasteiger partial charge in [-0.3, -0.25) is 4.79 Å². The molecule has 25 heavy (non-hydrogen) atoms. The molecule has 4 heteroatoms. The van der Waals surface area contributed by atoms with Crippen LogP contribution in [0.15, 0.2) is 53.1 Å². The number of benzene rings is 2. The van der Waals surface area contributed by atoms with Crippen LogP contribution in [0.2, 0.25) is 0 Å². The molecule has 0 radical (unpaired) electrons. The lowest BCUT2D eigenvalue weighted by atomic mass is 10.00. The van der Waals surface area contributed by atoms with Crippen LogP contribution in [0.4, 0.5) is 5.69 Å². The molecule has 0 bridgehead atoms. The van der Waals surface area contributed by atoms with E-state index in [2.05, 4.69) is 31.3 Å². The zero-order valence-corrected chi connectivity index (χ0v) is 14.8. The van der Waals surface area contributed by atoms with Gasteiger partial charge in [0.05, 0.1) is 25.0 Å². The molecule has 0 aliphatic carbocycles. The molecule has 3 rings (SSSR count). The minimum Gasteiger partial charge on any atom is -0.492 e. The van der Waals surface area contributed by atoms with Crippen LogP contribution in [-0.2, 0) is 11.2 Å². The predicted molar refractivity (Wildman–Crippen MR) is 100 cm³/mol. The predicted octanol–water partition coefficient (Wildman–Crippen LogP) is 5.14.